The molecule has 1 heterocycles. The Balaban J connectivity index is 2.04. The first kappa shape index (κ1) is 12.9. The average Bonchev–Trinajstić information content (AvgIpc) is 2.89. The van der Waals surface area contributed by atoms with Gasteiger partial charge in [0.15, 0.2) is 5.76 Å². The largest absolute Gasteiger partial charge is 0.356 e. The highest BCUT2D eigenvalue weighted by atomic mass is 127. The Morgan fingerprint density at radius 1 is 1.21 bits per heavy atom. The van der Waals surface area contributed by atoms with Crippen molar-refractivity contribution in [2.45, 2.75) is 12.8 Å². The van der Waals surface area contributed by atoms with Crippen molar-refractivity contribution in [1.29, 1.82) is 0 Å². The highest BCUT2D eigenvalue weighted by Crippen LogP contribution is 2.34. The summed E-state index contributed by atoms with van der Waals surface area (Å²) in [4.78, 5) is 0. The van der Waals surface area contributed by atoms with Crippen LogP contribution in [-0.4, -0.2) is 5.16 Å². The first-order valence-corrected chi connectivity index (χ1v) is 7.46. The Kier molecular flexibility index (Phi) is 3.75. The molecule has 0 N–H and O–H groups in total. The van der Waals surface area contributed by atoms with Crippen LogP contribution in [0.4, 0.5) is 0 Å². The maximum absolute atomic E-state index is 5.99. The van der Waals surface area contributed by atoms with E-state index < -0.39 is 0 Å². The standard InChI is InChI=1S/C15H11ClINO/c16-12-6-4-10(5-7-12)15-14(9-18-19-15)11-2-1-3-13(17)8-11/h1-4,6,8-9H,5,7H2. The predicted octanol–water partition coefficient (Wildman–Crippen LogP) is 5.25. The molecule has 0 atom stereocenters. The Morgan fingerprint density at radius 2 is 2.11 bits per heavy atom. The Bertz CT molecular complexity index is 672. The zero-order chi connectivity index (χ0) is 13.2. The number of hydrogen-bond acceptors (Lipinski definition) is 2. The quantitative estimate of drug-likeness (QED) is 0.662. The smallest absolute Gasteiger partial charge is 0.170 e. The molecule has 1 aromatic carbocycles. The molecule has 0 unspecified atom stereocenters. The zero-order valence-electron chi connectivity index (χ0n) is 10.1. The minimum Gasteiger partial charge on any atom is -0.356 e. The second-order valence-electron chi connectivity index (χ2n) is 4.38. The molecule has 0 radical (unpaired) electrons. The van der Waals surface area contributed by atoms with E-state index in [4.69, 9.17) is 16.1 Å². The van der Waals surface area contributed by atoms with Crippen LogP contribution in [0.1, 0.15) is 18.6 Å². The second kappa shape index (κ2) is 5.51. The van der Waals surface area contributed by atoms with Gasteiger partial charge in [-0.3, -0.25) is 0 Å². The van der Waals surface area contributed by atoms with Crippen LogP contribution in [0.5, 0.6) is 0 Å². The Labute approximate surface area is 130 Å². The number of nitrogens with zero attached hydrogens (tertiary/aromatic N) is 1. The molecular formula is C15H11ClINO. The van der Waals surface area contributed by atoms with Gasteiger partial charge < -0.3 is 4.52 Å². The number of rotatable bonds is 2. The molecule has 0 fully saturated rings. The fourth-order valence-electron chi connectivity index (χ4n) is 2.13. The van der Waals surface area contributed by atoms with Crippen molar-refractivity contribution >= 4 is 39.8 Å². The molecule has 0 amide bonds. The van der Waals surface area contributed by atoms with Crippen molar-refractivity contribution in [3.05, 3.63) is 57.0 Å². The number of halogens is 2. The van der Waals surface area contributed by atoms with Gasteiger partial charge in [0.25, 0.3) is 0 Å². The summed E-state index contributed by atoms with van der Waals surface area (Å²) < 4.78 is 6.64. The normalized spacial score (nSPS) is 15.1. The SMILES string of the molecule is ClC1=CC=C(c2oncc2-c2cccc(I)c2)CC1. The maximum atomic E-state index is 5.99. The van der Waals surface area contributed by atoms with Crippen molar-refractivity contribution in [1.82, 2.24) is 5.16 Å². The van der Waals surface area contributed by atoms with E-state index in [9.17, 15) is 0 Å². The molecule has 0 saturated carbocycles. The summed E-state index contributed by atoms with van der Waals surface area (Å²) in [6.45, 7) is 0. The summed E-state index contributed by atoms with van der Waals surface area (Å²) in [5, 5.41) is 4.84. The van der Waals surface area contributed by atoms with Crippen molar-refractivity contribution in [3.63, 3.8) is 0 Å². The van der Waals surface area contributed by atoms with Crippen molar-refractivity contribution in [2.24, 2.45) is 0 Å². The van der Waals surface area contributed by atoms with Gasteiger partial charge in [0.05, 0.1) is 6.20 Å². The summed E-state index contributed by atoms with van der Waals surface area (Å²) in [6.07, 6.45) is 7.48. The summed E-state index contributed by atoms with van der Waals surface area (Å²) in [6, 6.07) is 8.31. The van der Waals surface area contributed by atoms with Crippen LogP contribution < -0.4 is 0 Å². The van der Waals surface area contributed by atoms with Crippen LogP contribution in [0, 0.1) is 3.57 Å². The first-order chi connectivity index (χ1) is 9.24. The van der Waals surface area contributed by atoms with E-state index in [1.807, 2.05) is 18.2 Å². The van der Waals surface area contributed by atoms with Gasteiger partial charge in [-0.1, -0.05) is 35.0 Å². The molecule has 1 aliphatic rings. The number of allylic oxidation sites excluding steroid dienone is 4. The predicted molar refractivity (Wildman–Crippen MR) is 85.8 cm³/mol. The third-order valence-electron chi connectivity index (χ3n) is 3.10. The minimum atomic E-state index is 0.849. The molecule has 1 aliphatic carbocycles. The van der Waals surface area contributed by atoms with E-state index >= 15 is 0 Å². The van der Waals surface area contributed by atoms with Crippen molar-refractivity contribution in [3.8, 4) is 11.1 Å². The lowest BCUT2D eigenvalue weighted by molar-refractivity contribution is 0.409. The summed E-state index contributed by atoms with van der Waals surface area (Å²) >= 11 is 8.30. The monoisotopic (exact) mass is 383 g/mol. The molecule has 0 aliphatic heterocycles. The van der Waals surface area contributed by atoms with Crippen LogP contribution in [-0.2, 0) is 0 Å². The van der Waals surface area contributed by atoms with Crippen LogP contribution in [0.15, 0.2) is 52.2 Å². The highest BCUT2D eigenvalue weighted by Gasteiger charge is 2.16. The van der Waals surface area contributed by atoms with Crippen LogP contribution >= 0.6 is 34.2 Å². The molecule has 0 bridgehead atoms. The molecule has 2 aromatic rings. The number of benzene rings is 1. The molecule has 1 aromatic heterocycles. The summed E-state index contributed by atoms with van der Waals surface area (Å²) in [5.41, 5.74) is 3.32. The van der Waals surface area contributed by atoms with Gasteiger partial charge in [0.2, 0.25) is 0 Å². The third-order valence-corrected chi connectivity index (χ3v) is 4.08. The molecule has 0 spiro atoms. The van der Waals surface area contributed by atoms with E-state index in [0.29, 0.717) is 0 Å². The Hall–Kier alpha value is -1.07. The number of hydrogen-bond donors (Lipinski definition) is 0. The molecule has 3 rings (SSSR count). The fraction of sp³-hybridized carbons (Fsp3) is 0.133. The fourth-order valence-corrected chi connectivity index (χ4v) is 2.83. The first-order valence-electron chi connectivity index (χ1n) is 6.00. The average molecular weight is 384 g/mol. The molecule has 4 heteroatoms. The van der Waals surface area contributed by atoms with Crippen molar-refractivity contribution < 1.29 is 4.52 Å². The topological polar surface area (TPSA) is 26.0 Å². The van der Waals surface area contributed by atoms with Gasteiger partial charge in [0.1, 0.15) is 0 Å². The minimum absolute atomic E-state index is 0.849. The third kappa shape index (κ3) is 2.77. The van der Waals surface area contributed by atoms with Gasteiger partial charge in [-0.15, -0.1) is 0 Å². The molecular weight excluding hydrogens is 373 g/mol. The van der Waals surface area contributed by atoms with Gasteiger partial charge in [0, 0.05) is 14.2 Å². The van der Waals surface area contributed by atoms with E-state index in [1.165, 1.54) is 3.57 Å². The zero-order valence-corrected chi connectivity index (χ0v) is 13.0. The van der Waals surface area contributed by atoms with Gasteiger partial charge in [-0.25, -0.2) is 0 Å². The van der Waals surface area contributed by atoms with E-state index in [2.05, 4.69) is 45.9 Å². The maximum Gasteiger partial charge on any atom is 0.170 e. The van der Waals surface area contributed by atoms with Crippen LogP contribution in [0.2, 0.25) is 0 Å². The molecule has 0 saturated heterocycles. The highest BCUT2D eigenvalue weighted by molar-refractivity contribution is 14.1. The van der Waals surface area contributed by atoms with Gasteiger partial charge in [-0.05, 0) is 64.8 Å². The summed E-state index contributed by atoms with van der Waals surface area (Å²) in [5.74, 6) is 0.849. The molecule has 19 heavy (non-hydrogen) atoms. The molecule has 96 valence electrons. The van der Waals surface area contributed by atoms with Gasteiger partial charge in [-0.2, -0.15) is 0 Å². The lowest BCUT2D eigenvalue weighted by Crippen LogP contribution is -1.91. The lowest BCUT2D eigenvalue weighted by Gasteiger charge is -2.10. The van der Waals surface area contributed by atoms with Crippen LogP contribution in [0.25, 0.3) is 16.7 Å². The van der Waals surface area contributed by atoms with E-state index in [1.54, 1.807) is 6.20 Å². The van der Waals surface area contributed by atoms with Crippen molar-refractivity contribution in [2.75, 3.05) is 0 Å². The van der Waals surface area contributed by atoms with E-state index in [0.717, 1.165) is 40.3 Å². The van der Waals surface area contributed by atoms with Crippen LogP contribution in [0.3, 0.4) is 0 Å². The number of aromatic nitrogens is 1. The Morgan fingerprint density at radius 3 is 2.84 bits per heavy atom. The lowest BCUT2D eigenvalue weighted by atomic mass is 9.97. The van der Waals surface area contributed by atoms with Gasteiger partial charge >= 0.3 is 0 Å². The second-order valence-corrected chi connectivity index (χ2v) is 6.12. The summed E-state index contributed by atoms with van der Waals surface area (Å²) in [7, 11) is 0. The molecule has 2 nitrogen and oxygen atoms in total. The van der Waals surface area contributed by atoms with E-state index in [-0.39, 0.29) is 0 Å².